The number of hydrogen-bond donors (Lipinski definition) is 3. The zero-order chi connectivity index (χ0) is 24.5. The average molecular weight is 466 g/mol. The molecule has 0 atom stereocenters. The number of carbonyl (C=O) groups is 3. The van der Waals surface area contributed by atoms with Crippen molar-refractivity contribution in [2.75, 3.05) is 0 Å². The van der Waals surface area contributed by atoms with Crippen LogP contribution in [0.15, 0.2) is 72.8 Å². The van der Waals surface area contributed by atoms with Gasteiger partial charge in [0.15, 0.2) is 0 Å². The molecule has 0 aromatic heterocycles. The first-order valence-electron chi connectivity index (χ1n) is 9.67. The summed E-state index contributed by atoms with van der Waals surface area (Å²) < 4.78 is 0. The molecule has 3 aromatic rings. The number of benzene rings is 3. The molecule has 0 saturated heterocycles. The van der Waals surface area contributed by atoms with Crippen molar-refractivity contribution >= 4 is 25.8 Å². The summed E-state index contributed by atoms with van der Waals surface area (Å²) in [5.41, 5.74) is 11.3. The lowest BCUT2D eigenvalue weighted by atomic mass is 10.1. The quantitative estimate of drug-likeness (QED) is 0.385. The summed E-state index contributed by atoms with van der Waals surface area (Å²) in [7, 11) is -1.42. The Morgan fingerprint density at radius 3 is 0.912 bits per heavy atom. The van der Waals surface area contributed by atoms with E-state index < -0.39 is 25.8 Å². The van der Waals surface area contributed by atoms with Crippen LogP contribution in [0.2, 0.25) is 0 Å². The molecule has 0 aliphatic rings. The molecule has 0 radical (unpaired) electrons. The van der Waals surface area contributed by atoms with Crippen molar-refractivity contribution in [1.82, 2.24) is 0 Å². The van der Waals surface area contributed by atoms with Crippen LogP contribution in [0.3, 0.4) is 0 Å². The molecule has 3 rings (SSSR count). The molecule has 0 bridgehead atoms. The Bertz CT molecular complexity index is 1240. The maximum atomic E-state index is 11.0. The van der Waals surface area contributed by atoms with Crippen LogP contribution in [0, 0.1) is 34.7 Å². The number of carboxylic acid groups (broad SMARTS) is 3. The van der Waals surface area contributed by atoms with E-state index in [1.807, 2.05) is 0 Å². The lowest BCUT2D eigenvalue weighted by molar-refractivity contribution is 0.0686. The van der Waals surface area contributed by atoms with Crippen molar-refractivity contribution < 1.29 is 29.7 Å². The predicted octanol–water partition coefficient (Wildman–Crippen LogP) is 4.59. The molecule has 3 aromatic carbocycles. The van der Waals surface area contributed by atoms with Gasteiger partial charge in [-0.3, -0.25) is 0 Å². The molecule has 0 spiro atoms. The molecule has 0 fully saturated rings. The first-order chi connectivity index (χ1) is 16.3. The molecule has 0 amide bonds. The minimum Gasteiger partial charge on any atom is -0.478 e. The zero-order valence-corrected chi connectivity index (χ0v) is 18.3. The Hall–Kier alpha value is -4.82. The Labute approximate surface area is 196 Å². The molecule has 7 heteroatoms. The Balaban J connectivity index is 1.90. The van der Waals surface area contributed by atoms with Crippen molar-refractivity contribution in [3.05, 3.63) is 106 Å². The van der Waals surface area contributed by atoms with Crippen LogP contribution in [0.1, 0.15) is 47.8 Å². The van der Waals surface area contributed by atoms with E-state index in [2.05, 4.69) is 34.7 Å². The SMILES string of the molecule is O=C(O)c1ccc(C#CP(C#Cc2ccc(C(=O)O)cc2)C#Cc2ccc(C(=O)O)cc2)cc1. The van der Waals surface area contributed by atoms with E-state index >= 15 is 0 Å². The molecule has 34 heavy (non-hydrogen) atoms. The summed E-state index contributed by atoms with van der Waals surface area (Å²) in [5, 5.41) is 27.0. The van der Waals surface area contributed by atoms with Gasteiger partial charge in [0, 0.05) is 16.7 Å². The highest BCUT2D eigenvalue weighted by molar-refractivity contribution is 7.72. The summed E-state index contributed by atoms with van der Waals surface area (Å²) in [6.07, 6.45) is 0. The minimum atomic E-state index is -1.42. The Kier molecular flexibility index (Phi) is 7.83. The molecule has 0 saturated carbocycles. The lowest BCUT2D eigenvalue weighted by Crippen LogP contribution is -1.95. The fraction of sp³-hybridized carbons (Fsp3) is 0. The van der Waals surface area contributed by atoms with Crippen LogP contribution in [0.25, 0.3) is 0 Å². The zero-order valence-electron chi connectivity index (χ0n) is 17.4. The first-order valence-corrected chi connectivity index (χ1v) is 11.0. The molecule has 0 unspecified atom stereocenters. The summed E-state index contributed by atoms with van der Waals surface area (Å²) in [4.78, 5) is 33.0. The topological polar surface area (TPSA) is 112 Å². The number of rotatable bonds is 3. The van der Waals surface area contributed by atoms with Gasteiger partial charge in [-0.05, 0) is 89.8 Å². The molecule has 3 N–H and O–H groups in total. The second kappa shape index (κ2) is 11.2. The normalized spacial score (nSPS) is 9.44. The van der Waals surface area contributed by atoms with Crippen molar-refractivity contribution in [2.45, 2.75) is 0 Å². The Morgan fingerprint density at radius 2 is 0.706 bits per heavy atom. The van der Waals surface area contributed by atoms with E-state index in [0.29, 0.717) is 16.7 Å². The third kappa shape index (κ3) is 6.84. The van der Waals surface area contributed by atoms with E-state index in [0.717, 1.165) is 0 Å². The van der Waals surface area contributed by atoms with E-state index in [1.165, 1.54) is 36.4 Å². The third-order valence-electron chi connectivity index (χ3n) is 4.33. The van der Waals surface area contributed by atoms with Crippen LogP contribution in [-0.2, 0) is 0 Å². The van der Waals surface area contributed by atoms with E-state index in [4.69, 9.17) is 15.3 Å². The van der Waals surface area contributed by atoms with Crippen molar-refractivity contribution in [2.24, 2.45) is 0 Å². The van der Waals surface area contributed by atoms with Gasteiger partial charge < -0.3 is 15.3 Å². The molecule has 0 heterocycles. The average Bonchev–Trinajstić information content (AvgIpc) is 2.84. The molecular formula is C27H15O6P. The van der Waals surface area contributed by atoms with Crippen LogP contribution in [0.4, 0.5) is 0 Å². The lowest BCUT2D eigenvalue weighted by Gasteiger charge is -1.96. The molecule has 164 valence electrons. The van der Waals surface area contributed by atoms with E-state index in [9.17, 15) is 14.4 Å². The highest BCUT2D eigenvalue weighted by Crippen LogP contribution is 2.31. The standard InChI is InChI=1S/C27H15O6P/c28-25(29)22-7-1-19(2-8-22)13-16-34(17-14-20-3-9-23(10-4-20)26(30)31)18-15-21-5-11-24(12-6-21)27(32)33/h1-12H,(H,28,29)(H,30,31)(H,32,33). The molecule has 0 aliphatic carbocycles. The molecule has 0 aliphatic heterocycles. The van der Waals surface area contributed by atoms with Gasteiger partial charge in [0.25, 0.3) is 0 Å². The maximum absolute atomic E-state index is 11.0. The van der Waals surface area contributed by atoms with Gasteiger partial charge in [-0.1, -0.05) is 17.8 Å². The van der Waals surface area contributed by atoms with Gasteiger partial charge in [-0.2, -0.15) is 0 Å². The van der Waals surface area contributed by atoms with E-state index in [-0.39, 0.29) is 16.7 Å². The fourth-order valence-electron chi connectivity index (χ4n) is 2.53. The maximum Gasteiger partial charge on any atom is 0.335 e. The van der Waals surface area contributed by atoms with Gasteiger partial charge >= 0.3 is 17.9 Å². The number of carboxylic acids is 3. The van der Waals surface area contributed by atoms with Crippen LogP contribution in [-0.4, -0.2) is 33.2 Å². The van der Waals surface area contributed by atoms with Gasteiger partial charge in [0.05, 0.1) is 16.7 Å². The summed E-state index contributed by atoms with van der Waals surface area (Å²) >= 11 is 0. The summed E-state index contributed by atoms with van der Waals surface area (Å²) in [5.74, 6) is 5.79. The summed E-state index contributed by atoms with van der Waals surface area (Å²) in [6, 6.07) is 18.3. The fourth-order valence-corrected chi connectivity index (χ4v) is 3.42. The number of aromatic carboxylic acids is 3. The van der Waals surface area contributed by atoms with Crippen molar-refractivity contribution in [3.8, 4) is 34.7 Å². The monoisotopic (exact) mass is 466 g/mol. The van der Waals surface area contributed by atoms with Crippen LogP contribution >= 0.6 is 7.92 Å². The highest BCUT2D eigenvalue weighted by atomic mass is 31.1. The first kappa shape index (κ1) is 23.8. The minimum absolute atomic E-state index is 0.155. The summed E-state index contributed by atoms with van der Waals surface area (Å²) in [6.45, 7) is 0. The van der Waals surface area contributed by atoms with Crippen molar-refractivity contribution in [3.63, 3.8) is 0 Å². The van der Waals surface area contributed by atoms with Crippen LogP contribution < -0.4 is 0 Å². The number of hydrogen-bond acceptors (Lipinski definition) is 3. The second-order valence-electron chi connectivity index (χ2n) is 6.69. The third-order valence-corrected chi connectivity index (χ3v) is 5.34. The van der Waals surface area contributed by atoms with E-state index in [1.54, 1.807) is 36.4 Å². The second-order valence-corrected chi connectivity index (χ2v) is 8.03. The smallest absolute Gasteiger partial charge is 0.335 e. The largest absolute Gasteiger partial charge is 0.478 e. The van der Waals surface area contributed by atoms with Gasteiger partial charge in [0.2, 0.25) is 0 Å². The Morgan fingerprint density at radius 1 is 0.471 bits per heavy atom. The van der Waals surface area contributed by atoms with Gasteiger partial charge in [0.1, 0.15) is 7.92 Å². The molecular weight excluding hydrogens is 451 g/mol. The van der Waals surface area contributed by atoms with Crippen molar-refractivity contribution in [1.29, 1.82) is 0 Å². The van der Waals surface area contributed by atoms with Gasteiger partial charge in [-0.25, -0.2) is 14.4 Å². The molecule has 6 nitrogen and oxygen atoms in total. The highest BCUT2D eigenvalue weighted by Gasteiger charge is 2.03. The van der Waals surface area contributed by atoms with Gasteiger partial charge in [-0.15, -0.1) is 0 Å². The van der Waals surface area contributed by atoms with Crippen LogP contribution in [0.5, 0.6) is 0 Å². The predicted molar refractivity (Wildman–Crippen MR) is 128 cm³/mol.